The molecule has 3 heterocycles. The van der Waals surface area contributed by atoms with Crippen LogP contribution in [0.15, 0.2) is 36.1 Å². The third-order valence-corrected chi connectivity index (χ3v) is 4.70. The maximum Gasteiger partial charge on any atom is 0.350 e. The van der Waals surface area contributed by atoms with Gasteiger partial charge < -0.3 is 4.74 Å². The molecule has 1 saturated carbocycles. The van der Waals surface area contributed by atoms with E-state index in [-0.39, 0.29) is 12.6 Å². The average molecular weight is 340 g/mol. The van der Waals surface area contributed by atoms with Crippen LogP contribution in [0, 0.1) is 6.92 Å². The van der Waals surface area contributed by atoms with Gasteiger partial charge in [0.1, 0.15) is 11.5 Å². The van der Waals surface area contributed by atoms with Gasteiger partial charge in [-0.05, 0) is 43.5 Å². The number of aromatic nitrogens is 4. The maximum atomic E-state index is 12.3. The Bertz CT molecular complexity index is 882. The van der Waals surface area contributed by atoms with E-state index in [0.717, 1.165) is 29.8 Å². The van der Waals surface area contributed by atoms with E-state index in [4.69, 9.17) is 4.74 Å². The van der Waals surface area contributed by atoms with Crippen molar-refractivity contribution in [3.05, 3.63) is 57.9 Å². The maximum absolute atomic E-state index is 12.3. The summed E-state index contributed by atoms with van der Waals surface area (Å²) in [4.78, 5) is 21.5. The Hall–Kier alpha value is -2.54. The molecule has 3 aromatic heterocycles. The molecule has 0 aliphatic heterocycles. The molecule has 0 spiro atoms. The molecule has 24 heavy (non-hydrogen) atoms. The molecule has 0 saturated heterocycles. The lowest BCUT2D eigenvalue weighted by Gasteiger charge is -2.06. The van der Waals surface area contributed by atoms with Crippen molar-refractivity contribution in [1.29, 1.82) is 0 Å². The number of thiazole rings is 1. The van der Waals surface area contributed by atoms with Crippen LogP contribution in [0.2, 0.25) is 0 Å². The molecule has 4 rings (SSSR count). The summed E-state index contributed by atoms with van der Waals surface area (Å²) >= 11 is 1.35. The van der Waals surface area contributed by atoms with Crippen molar-refractivity contribution in [2.45, 2.75) is 32.3 Å². The third-order valence-electron chi connectivity index (χ3n) is 3.88. The highest BCUT2D eigenvalue weighted by Crippen LogP contribution is 2.41. The zero-order valence-electron chi connectivity index (χ0n) is 13.2. The van der Waals surface area contributed by atoms with Crippen LogP contribution in [0.4, 0.5) is 0 Å². The molecule has 0 amide bonds. The van der Waals surface area contributed by atoms with Crippen molar-refractivity contribution >= 4 is 17.3 Å². The van der Waals surface area contributed by atoms with Crippen LogP contribution in [0.1, 0.15) is 45.4 Å². The monoisotopic (exact) mass is 340 g/mol. The first kappa shape index (κ1) is 15.0. The van der Waals surface area contributed by atoms with Crippen molar-refractivity contribution in [1.82, 2.24) is 19.7 Å². The number of rotatable bonds is 5. The van der Waals surface area contributed by atoms with Gasteiger partial charge in [0.25, 0.3) is 0 Å². The largest absolute Gasteiger partial charge is 0.457 e. The Morgan fingerprint density at radius 1 is 1.38 bits per heavy atom. The van der Waals surface area contributed by atoms with Gasteiger partial charge in [0, 0.05) is 18.3 Å². The molecular formula is C17H16N4O2S. The van der Waals surface area contributed by atoms with E-state index in [9.17, 15) is 4.79 Å². The molecule has 1 aliphatic carbocycles. The normalized spacial score (nSPS) is 13.9. The molecule has 1 aliphatic rings. The minimum atomic E-state index is -0.298. The molecule has 0 aromatic carbocycles. The number of aryl methyl sites for hydroxylation is 1. The van der Waals surface area contributed by atoms with Crippen molar-refractivity contribution < 1.29 is 9.53 Å². The second-order valence-corrected chi connectivity index (χ2v) is 6.70. The molecule has 122 valence electrons. The van der Waals surface area contributed by atoms with Crippen molar-refractivity contribution in [3.8, 4) is 5.82 Å². The van der Waals surface area contributed by atoms with Crippen molar-refractivity contribution in [3.63, 3.8) is 0 Å². The van der Waals surface area contributed by atoms with E-state index in [1.54, 1.807) is 16.4 Å². The van der Waals surface area contributed by atoms with Crippen LogP contribution in [-0.4, -0.2) is 25.7 Å². The van der Waals surface area contributed by atoms with Crippen LogP contribution >= 0.6 is 11.3 Å². The number of esters is 1. The van der Waals surface area contributed by atoms with E-state index < -0.39 is 0 Å². The van der Waals surface area contributed by atoms with E-state index in [0.29, 0.717) is 16.6 Å². The first-order chi connectivity index (χ1) is 11.7. The SMILES string of the molecule is Cc1ccn(-c2cc(COC(=O)c3scnc3C3CC3)ccn2)n1. The van der Waals surface area contributed by atoms with Gasteiger partial charge in [-0.3, -0.25) is 0 Å². The fourth-order valence-electron chi connectivity index (χ4n) is 2.49. The highest BCUT2D eigenvalue weighted by molar-refractivity contribution is 7.11. The molecule has 0 radical (unpaired) electrons. The first-order valence-electron chi connectivity index (χ1n) is 7.79. The molecular weight excluding hydrogens is 324 g/mol. The van der Waals surface area contributed by atoms with Gasteiger partial charge >= 0.3 is 5.97 Å². The lowest BCUT2D eigenvalue weighted by Crippen LogP contribution is -2.07. The molecule has 0 unspecified atom stereocenters. The van der Waals surface area contributed by atoms with E-state index >= 15 is 0 Å². The predicted molar refractivity (Wildman–Crippen MR) is 89.3 cm³/mol. The van der Waals surface area contributed by atoms with Crippen LogP contribution in [0.25, 0.3) is 5.82 Å². The zero-order valence-corrected chi connectivity index (χ0v) is 14.0. The standard InChI is InChI=1S/C17H16N4O2S/c1-11-5-7-21(20-11)14-8-12(4-6-18-14)9-23-17(22)16-15(13-2-3-13)19-10-24-16/h4-8,10,13H,2-3,9H2,1H3. The van der Waals surface area contributed by atoms with Crippen molar-refractivity contribution in [2.75, 3.05) is 0 Å². The molecule has 7 heteroatoms. The fourth-order valence-corrected chi connectivity index (χ4v) is 3.25. The first-order valence-corrected chi connectivity index (χ1v) is 8.67. The van der Waals surface area contributed by atoms with Crippen molar-refractivity contribution in [2.24, 2.45) is 0 Å². The number of nitrogens with zero attached hydrogens (tertiary/aromatic N) is 4. The topological polar surface area (TPSA) is 69.9 Å². The van der Waals surface area contributed by atoms with Crippen LogP contribution in [-0.2, 0) is 11.3 Å². The summed E-state index contributed by atoms with van der Waals surface area (Å²) in [5.41, 5.74) is 4.41. The Labute approximate surface area is 143 Å². The molecule has 0 atom stereocenters. The Balaban J connectivity index is 1.46. The van der Waals surface area contributed by atoms with Gasteiger partial charge in [-0.2, -0.15) is 5.10 Å². The summed E-state index contributed by atoms with van der Waals surface area (Å²) < 4.78 is 7.16. The summed E-state index contributed by atoms with van der Waals surface area (Å²) in [6.45, 7) is 2.13. The highest BCUT2D eigenvalue weighted by Gasteiger charge is 2.31. The number of ether oxygens (including phenoxy) is 1. The lowest BCUT2D eigenvalue weighted by molar-refractivity contribution is 0.0477. The lowest BCUT2D eigenvalue weighted by atomic mass is 10.2. The smallest absolute Gasteiger partial charge is 0.350 e. The van der Waals surface area contributed by atoms with Gasteiger partial charge in [0.05, 0.1) is 16.9 Å². The van der Waals surface area contributed by atoms with Gasteiger partial charge in [0.2, 0.25) is 0 Å². The van der Waals surface area contributed by atoms with Crippen LogP contribution in [0.5, 0.6) is 0 Å². The Morgan fingerprint density at radius 3 is 3.00 bits per heavy atom. The second kappa shape index (κ2) is 6.16. The highest BCUT2D eigenvalue weighted by atomic mass is 32.1. The number of hydrogen-bond acceptors (Lipinski definition) is 6. The van der Waals surface area contributed by atoms with Crippen LogP contribution < -0.4 is 0 Å². The van der Waals surface area contributed by atoms with Crippen LogP contribution in [0.3, 0.4) is 0 Å². The minimum absolute atomic E-state index is 0.205. The summed E-state index contributed by atoms with van der Waals surface area (Å²) in [5, 5.41) is 4.34. The van der Waals surface area contributed by atoms with Gasteiger partial charge in [-0.15, -0.1) is 11.3 Å². The van der Waals surface area contributed by atoms with E-state index in [1.807, 2.05) is 31.3 Å². The Morgan fingerprint density at radius 2 is 2.25 bits per heavy atom. The fraction of sp³-hybridized carbons (Fsp3) is 0.294. The quantitative estimate of drug-likeness (QED) is 0.667. The third kappa shape index (κ3) is 3.07. The number of carbonyl (C=O) groups excluding carboxylic acids is 1. The minimum Gasteiger partial charge on any atom is -0.457 e. The summed E-state index contributed by atoms with van der Waals surface area (Å²) in [6.07, 6.45) is 5.77. The molecule has 1 fully saturated rings. The molecule has 0 N–H and O–H groups in total. The summed E-state index contributed by atoms with van der Waals surface area (Å²) in [6, 6.07) is 5.62. The second-order valence-electron chi connectivity index (χ2n) is 5.84. The zero-order chi connectivity index (χ0) is 16.5. The van der Waals surface area contributed by atoms with E-state index in [1.165, 1.54) is 11.3 Å². The van der Waals surface area contributed by atoms with Gasteiger partial charge in [-0.1, -0.05) is 0 Å². The predicted octanol–water partition coefficient (Wildman–Crippen LogP) is 3.27. The van der Waals surface area contributed by atoms with Gasteiger partial charge in [0.15, 0.2) is 5.82 Å². The van der Waals surface area contributed by atoms with Gasteiger partial charge in [-0.25, -0.2) is 19.4 Å². The molecule has 3 aromatic rings. The summed E-state index contributed by atoms with van der Waals surface area (Å²) in [5.74, 6) is 0.843. The molecule has 6 nitrogen and oxygen atoms in total. The summed E-state index contributed by atoms with van der Waals surface area (Å²) in [7, 11) is 0. The Kier molecular flexibility index (Phi) is 3.86. The van der Waals surface area contributed by atoms with E-state index in [2.05, 4.69) is 15.1 Å². The number of carbonyl (C=O) groups is 1. The number of hydrogen-bond donors (Lipinski definition) is 0. The number of pyridine rings is 1. The average Bonchev–Trinajstić information content (AvgIpc) is 3.15. The molecule has 0 bridgehead atoms.